The second kappa shape index (κ2) is 14.1. The monoisotopic (exact) mass is 476 g/mol. The summed E-state index contributed by atoms with van der Waals surface area (Å²) in [6.07, 6.45) is 3.41. The molecule has 1 unspecified atom stereocenters. The van der Waals surface area contributed by atoms with Crippen LogP contribution in [0, 0.1) is 0 Å². The van der Waals surface area contributed by atoms with E-state index in [0.29, 0.717) is 12.6 Å². The summed E-state index contributed by atoms with van der Waals surface area (Å²) in [4.78, 5) is 17.7. The van der Waals surface area contributed by atoms with Gasteiger partial charge in [-0.2, -0.15) is 0 Å². The fraction of sp³-hybridized carbons (Fsp3) is 0.500. The predicted molar refractivity (Wildman–Crippen MR) is 134 cm³/mol. The molecule has 0 aromatic heterocycles. The summed E-state index contributed by atoms with van der Waals surface area (Å²) in [5.41, 5.74) is 12.6. The van der Waals surface area contributed by atoms with Gasteiger partial charge in [-0.15, -0.1) is 37.2 Å². The van der Waals surface area contributed by atoms with E-state index in [4.69, 9.17) is 11.5 Å². The van der Waals surface area contributed by atoms with Crippen LogP contribution < -0.4 is 11.5 Å². The smallest absolute Gasteiger partial charge is 0.254 e. The van der Waals surface area contributed by atoms with Gasteiger partial charge in [-0.3, -0.25) is 9.69 Å². The molecular formula is C22H35Cl3N4O. The van der Waals surface area contributed by atoms with Gasteiger partial charge in [0.05, 0.1) is 0 Å². The highest BCUT2D eigenvalue weighted by molar-refractivity contribution is 6.07. The Hall–Kier alpha value is -1.08. The van der Waals surface area contributed by atoms with Crippen molar-refractivity contribution >= 4 is 53.9 Å². The van der Waals surface area contributed by atoms with Gasteiger partial charge in [0, 0.05) is 50.4 Å². The zero-order valence-corrected chi connectivity index (χ0v) is 20.0. The molecule has 0 saturated carbocycles. The maximum absolute atomic E-state index is 13.3. The number of hydrogen-bond acceptors (Lipinski definition) is 4. The van der Waals surface area contributed by atoms with Gasteiger partial charge in [-0.05, 0) is 23.3 Å². The summed E-state index contributed by atoms with van der Waals surface area (Å²) in [5, 5.41) is 2.14. The van der Waals surface area contributed by atoms with Crippen molar-refractivity contribution in [2.45, 2.75) is 38.3 Å². The van der Waals surface area contributed by atoms with Crippen molar-refractivity contribution in [3.05, 3.63) is 48.0 Å². The van der Waals surface area contributed by atoms with Crippen molar-refractivity contribution in [2.75, 3.05) is 32.7 Å². The first-order valence-corrected chi connectivity index (χ1v) is 10.1. The number of nitrogens with two attached hydrogens (primary N) is 2. The molecule has 4 N–H and O–H groups in total. The SMILES string of the molecule is CCCC[C@H]1CN(C(=O)c2cccc3ccccc23)CCN1CC(N)CN.Cl.Cl.Cl. The number of halogens is 3. The molecule has 2 atom stereocenters. The third-order valence-electron chi connectivity index (χ3n) is 5.57. The van der Waals surface area contributed by atoms with Crippen LogP contribution in [0.3, 0.4) is 0 Å². The Bertz CT molecular complexity index is 772. The minimum absolute atomic E-state index is 0. The molecule has 1 fully saturated rings. The van der Waals surface area contributed by atoms with Crippen LogP contribution in [0.15, 0.2) is 42.5 Å². The van der Waals surface area contributed by atoms with E-state index in [1.165, 1.54) is 0 Å². The quantitative estimate of drug-likeness (QED) is 0.637. The minimum Gasteiger partial charge on any atom is -0.336 e. The van der Waals surface area contributed by atoms with E-state index in [2.05, 4.69) is 24.0 Å². The van der Waals surface area contributed by atoms with Crippen LogP contribution in [0.1, 0.15) is 36.5 Å². The Labute approximate surface area is 198 Å². The van der Waals surface area contributed by atoms with Gasteiger partial charge in [-0.1, -0.05) is 56.2 Å². The lowest BCUT2D eigenvalue weighted by molar-refractivity contribution is 0.0446. The fourth-order valence-electron chi connectivity index (χ4n) is 3.99. The summed E-state index contributed by atoms with van der Waals surface area (Å²) in [5.74, 6) is 0.135. The number of hydrogen-bond donors (Lipinski definition) is 2. The van der Waals surface area contributed by atoms with Gasteiger partial charge in [0.25, 0.3) is 5.91 Å². The molecule has 1 heterocycles. The first-order chi connectivity index (χ1) is 13.1. The summed E-state index contributed by atoms with van der Waals surface area (Å²) in [7, 11) is 0. The molecule has 0 radical (unpaired) electrons. The molecule has 1 amide bonds. The average Bonchev–Trinajstić information content (AvgIpc) is 2.71. The minimum atomic E-state index is -0.00514. The van der Waals surface area contributed by atoms with Crippen LogP contribution in [0.2, 0.25) is 0 Å². The number of amides is 1. The Morgan fingerprint density at radius 2 is 1.80 bits per heavy atom. The van der Waals surface area contributed by atoms with Gasteiger partial charge < -0.3 is 16.4 Å². The van der Waals surface area contributed by atoms with Crippen LogP contribution >= 0.6 is 37.2 Å². The number of rotatable bonds is 7. The first kappa shape index (κ1) is 28.9. The maximum Gasteiger partial charge on any atom is 0.254 e. The van der Waals surface area contributed by atoms with Crippen molar-refractivity contribution in [3.63, 3.8) is 0 Å². The summed E-state index contributed by atoms with van der Waals surface area (Å²) >= 11 is 0. The molecule has 1 aliphatic heterocycles. The zero-order valence-electron chi connectivity index (χ0n) is 17.5. The lowest BCUT2D eigenvalue weighted by Crippen LogP contribution is -2.57. The van der Waals surface area contributed by atoms with Crippen LogP contribution in [0.25, 0.3) is 10.8 Å². The molecule has 0 spiro atoms. The van der Waals surface area contributed by atoms with Crippen molar-refractivity contribution in [3.8, 4) is 0 Å². The average molecular weight is 478 g/mol. The molecule has 1 aliphatic rings. The number of carbonyl (C=O) groups is 1. The summed E-state index contributed by atoms with van der Waals surface area (Å²) in [6, 6.07) is 14.4. The highest BCUT2D eigenvalue weighted by atomic mass is 35.5. The molecule has 8 heteroatoms. The van der Waals surface area contributed by atoms with Gasteiger partial charge >= 0.3 is 0 Å². The Balaban J connectivity index is 0.00000280. The number of benzene rings is 2. The molecule has 1 saturated heterocycles. The number of fused-ring (bicyclic) bond motifs is 1. The van der Waals surface area contributed by atoms with E-state index in [-0.39, 0.29) is 49.2 Å². The lowest BCUT2D eigenvalue weighted by Gasteiger charge is -2.42. The van der Waals surface area contributed by atoms with E-state index in [0.717, 1.165) is 61.8 Å². The topological polar surface area (TPSA) is 75.6 Å². The van der Waals surface area contributed by atoms with Crippen LogP contribution in [-0.2, 0) is 0 Å². The maximum atomic E-state index is 13.3. The molecule has 5 nitrogen and oxygen atoms in total. The predicted octanol–water partition coefficient (Wildman–Crippen LogP) is 3.71. The number of piperazine rings is 1. The Kier molecular flexibility index (Phi) is 13.6. The van der Waals surface area contributed by atoms with Crippen LogP contribution in [-0.4, -0.2) is 60.5 Å². The normalized spacial score (nSPS) is 17.4. The standard InChI is InChI=1S/C22H32N4O.3ClH/c1-2-3-9-19-16-26(13-12-25(19)15-18(24)14-23)22(27)21-11-6-8-17-7-4-5-10-20(17)21;;;/h4-8,10-11,18-19H,2-3,9,12-16,23-24H2,1H3;3*1H/t18?,19-;;;/m0.../s1. The van der Waals surface area contributed by atoms with Crippen molar-refractivity contribution in [1.29, 1.82) is 0 Å². The molecule has 30 heavy (non-hydrogen) atoms. The van der Waals surface area contributed by atoms with Crippen LogP contribution in [0.4, 0.5) is 0 Å². The highest BCUT2D eigenvalue weighted by Gasteiger charge is 2.30. The summed E-state index contributed by atoms with van der Waals surface area (Å²) in [6.45, 7) is 5.87. The van der Waals surface area contributed by atoms with E-state index >= 15 is 0 Å². The number of carbonyl (C=O) groups excluding carboxylic acids is 1. The summed E-state index contributed by atoms with van der Waals surface area (Å²) < 4.78 is 0. The second-order valence-corrected chi connectivity index (χ2v) is 7.56. The zero-order chi connectivity index (χ0) is 19.2. The van der Waals surface area contributed by atoms with Crippen molar-refractivity contribution in [2.24, 2.45) is 11.5 Å². The molecular weight excluding hydrogens is 443 g/mol. The lowest BCUT2D eigenvalue weighted by atomic mass is 10.0. The molecule has 3 rings (SSSR count). The largest absolute Gasteiger partial charge is 0.336 e. The van der Waals surface area contributed by atoms with E-state index in [1.54, 1.807) is 0 Å². The Morgan fingerprint density at radius 3 is 2.50 bits per heavy atom. The van der Waals surface area contributed by atoms with E-state index in [1.807, 2.05) is 35.2 Å². The van der Waals surface area contributed by atoms with Crippen molar-refractivity contribution < 1.29 is 4.79 Å². The second-order valence-electron chi connectivity index (χ2n) is 7.56. The van der Waals surface area contributed by atoms with Gasteiger partial charge in [-0.25, -0.2) is 0 Å². The van der Waals surface area contributed by atoms with E-state index < -0.39 is 0 Å². The van der Waals surface area contributed by atoms with E-state index in [9.17, 15) is 4.79 Å². The first-order valence-electron chi connectivity index (χ1n) is 10.1. The van der Waals surface area contributed by atoms with Gasteiger partial charge in [0.15, 0.2) is 0 Å². The van der Waals surface area contributed by atoms with Gasteiger partial charge in [0.1, 0.15) is 0 Å². The number of unbranched alkanes of at least 4 members (excludes halogenated alkanes) is 1. The van der Waals surface area contributed by atoms with Crippen LogP contribution in [0.5, 0.6) is 0 Å². The third kappa shape index (κ3) is 6.98. The molecule has 170 valence electrons. The van der Waals surface area contributed by atoms with Gasteiger partial charge in [0.2, 0.25) is 0 Å². The van der Waals surface area contributed by atoms with Crippen molar-refractivity contribution in [1.82, 2.24) is 9.80 Å². The fourth-order valence-corrected chi connectivity index (χ4v) is 3.99. The third-order valence-corrected chi connectivity index (χ3v) is 5.57. The highest BCUT2D eigenvalue weighted by Crippen LogP contribution is 2.23. The molecule has 0 aliphatic carbocycles. The molecule has 2 aromatic rings. The number of nitrogens with zero attached hydrogens (tertiary/aromatic N) is 2. The Morgan fingerprint density at radius 1 is 1.10 bits per heavy atom. The molecule has 0 bridgehead atoms. The molecule has 2 aromatic carbocycles.